The molecule has 0 aromatic heterocycles. The number of carbonyl (C=O) groups excluding carboxylic acids is 3. The third-order valence-corrected chi connectivity index (χ3v) is 6.49. The third kappa shape index (κ3) is 6.37. The summed E-state index contributed by atoms with van der Waals surface area (Å²) in [6.07, 6.45) is 1.48. The fourth-order valence-electron chi connectivity index (χ4n) is 3.77. The number of rotatable bonds is 8. The van der Waals surface area contributed by atoms with Crippen molar-refractivity contribution in [3.63, 3.8) is 0 Å². The van der Waals surface area contributed by atoms with E-state index in [2.05, 4.69) is 33.2 Å². The van der Waals surface area contributed by atoms with Crippen molar-refractivity contribution >= 4 is 75.1 Å². The number of hydrogen-bond donors (Lipinski definition) is 2. The molecule has 0 bridgehead atoms. The van der Waals surface area contributed by atoms with E-state index in [1.807, 2.05) is 38.1 Å². The van der Waals surface area contributed by atoms with Crippen LogP contribution in [0, 0.1) is 10.5 Å². The number of thiocarbonyl (C=S) groups is 1. The van der Waals surface area contributed by atoms with Gasteiger partial charge in [0.1, 0.15) is 5.57 Å². The number of nitrogens with one attached hydrogen (secondary N) is 2. The van der Waals surface area contributed by atoms with E-state index < -0.39 is 11.8 Å². The number of benzene rings is 3. The standard InChI is InChI=1S/C28H24IN3O5S/c1-3-36-23-15-18(13-21-26(34)31-28(38)32(27(21)35)20-10-5-4-6-11-20)14-22(29)25(23)37-16-24(33)30-19-9-7-8-17(2)12-19/h4-15H,3,16H2,1-2H3,(H,30,33)(H,31,34,38)/b21-13-. The monoisotopic (exact) mass is 641 g/mol. The number of aryl methyl sites for hydroxylation is 1. The minimum Gasteiger partial charge on any atom is -0.490 e. The highest BCUT2D eigenvalue weighted by Gasteiger charge is 2.34. The molecule has 3 amide bonds. The topological polar surface area (TPSA) is 97.0 Å². The maximum Gasteiger partial charge on any atom is 0.270 e. The Morgan fingerprint density at radius 3 is 2.55 bits per heavy atom. The summed E-state index contributed by atoms with van der Waals surface area (Å²) in [7, 11) is 0. The van der Waals surface area contributed by atoms with Crippen LogP contribution < -0.4 is 25.0 Å². The molecular formula is C28H24IN3O5S. The van der Waals surface area contributed by atoms with E-state index in [-0.39, 0.29) is 23.2 Å². The molecule has 0 spiro atoms. The van der Waals surface area contributed by atoms with E-state index in [9.17, 15) is 14.4 Å². The lowest BCUT2D eigenvalue weighted by atomic mass is 10.1. The van der Waals surface area contributed by atoms with Gasteiger partial charge in [0.25, 0.3) is 17.7 Å². The van der Waals surface area contributed by atoms with Crippen LogP contribution in [-0.4, -0.2) is 36.0 Å². The SMILES string of the molecule is CCOc1cc(/C=C2/C(=O)NC(=S)N(c3ccccc3)C2=O)cc(I)c1OCC(=O)Nc1cccc(C)c1. The van der Waals surface area contributed by atoms with Crippen LogP contribution in [0.1, 0.15) is 18.1 Å². The van der Waals surface area contributed by atoms with Gasteiger partial charge in [-0.15, -0.1) is 0 Å². The van der Waals surface area contributed by atoms with Gasteiger partial charge in [0.2, 0.25) is 0 Å². The number of halogens is 1. The highest BCUT2D eigenvalue weighted by atomic mass is 127. The minimum atomic E-state index is -0.590. The first-order valence-electron chi connectivity index (χ1n) is 11.7. The Kier molecular flexibility index (Phi) is 8.74. The molecule has 0 saturated carbocycles. The van der Waals surface area contributed by atoms with Crippen LogP contribution in [0.5, 0.6) is 11.5 Å². The number of nitrogens with zero attached hydrogens (tertiary/aromatic N) is 1. The van der Waals surface area contributed by atoms with Crippen LogP contribution in [0.2, 0.25) is 0 Å². The number of para-hydroxylation sites is 1. The Labute approximate surface area is 239 Å². The second-order valence-corrected chi connectivity index (χ2v) is 9.81. The van der Waals surface area contributed by atoms with Gasteiger partial charge < -0.3 is 14.8 Å². The first kappa shape index (κ1) is 27.3. The van der Waals surface area contributed by atoms with Gasteiger partial charge in [0, 0.05) is 5.69 Å². The van der Waals surface area contributed by atoms with Crippen molar-refractivity contribution < 1.29 is 23.9 Å². The molecule has 1 saturated heterocycles. The van der Waals surface area contributed by atoms with Gasteiger partial charge in [-0.25, -0.2) is 0 Å². The molecule has 3 aromatic carbocycles. The smallest absolute Gasteiger partial charge is 0.270 e. The maximum atomic E-state index is 13.3. The second kappa shape index (κ2) is 12.2. The normalized spacial score (nSPS) is 14.3. The number of carbonyl (C=O) groups is 3. The predicted molar refractivity (Wildman–Crippen MR) is 158 cm³/mol. The summed E-state index contributed by atoms with van der Waals surface area (Å²) >= 11 is 7.31. The molecule has 10 heteroatoms. The Morgan fingerprint density at radius 1 is 1.08 bits per heavy atom. The highest BCUT2D eigenvalue weighted by Crippen LogP contribution is 2.35. The van der Waals surface area contributed by atoms with E-state index in [1.54, 1.807) is 42.5 Å². The quantitative estimate of drug-likeness (QED) is 0.158. The first-order valence-corrected chi connectivity index (χ1v) is 13.2. The van der Waals surface area contributed by atoms with Crippen molar-refractivity contribution in [2.45, 2.75) is 13.8 Å². The third-order valence-electron chi connectivity index (χ3n) is 5.41. The fourth-order valence-corrected chi connectivity index (χ4v) is 4.83. The number of hydrogen-bond acceptors (Lipinski definition) is 6. The van der Waals surface area contributed by atoms with Crippen LogP contribution in [0.4, 0.5) is 11.4 Å². The molecule has 1 heterocycles. The van der Waals surface area contributed by atoms with Crippen molar-refractivity contribution in [3.05, 3.63) is 87.0 Å². The van der Waals surface area contributed by atoms with Gasteiger partial charge in [-0.05, 0) is 102 Å². The minimum absolute atomic E-state index is 0.0145. The summed E-state index contributed by atoms with van der Waals surface area (Å²) in [6.45, 7) is 3.88. The van der Waals surface area contributed by atoms with Crippen LogP contribution in [0.25, 0.3) is 6.08 Å². The Morgan fingerprint density at radius 2 is 1.84 bits per heavy atom. The molecule has 38 heavy (non-hydrogen) atoms. The predicted octanol–water partition coefficient (Wildman–Crippen LogP) is 4.85. The molecule has 0 aliphatic carbocycles. The molecule has 8 nitrogen and oxygen atoms in total. The lowest BCUT2D eigenvalue weighted by Crippen LogP contribution is -2.54. The molecule has 1 fully saturated rings. The van der Waals surface area contributed by atoms with Crippen LogP contribution in [-0.2, 0) is 14.4 Å². The van der Waals surface area contributed by atoms with E-state index in [1.165, 1.54) is 11.0 Å². The van der Waals surface area contributed by atoms with Crippen molar-refractivity contribution in [1.29, 1.82) is 0 Å². The van der Waals surface area contributed by atoms with Crippen LogP contribution in [0.3, 0.4) is 0 Å². The molecule has 0 unspecified atom stereocenters. The molecule has 1 aliphatic rings. The Bertz CT molecular complexity index is 1440. The summed E-state index contributed by atoms with van der Waals surface area (Å²) in [5.41, 5.74) is 2.73. The summed E-state index contributed by atoms with van der Waals surface area (Å²) in [5.74, 6) is -0.671. The van der Waals surface area contributed by atoms with Crippen molar-refractivity contribution in [2.75, 3.05) is 23.4 Å². The molecule has 194 valence electrons. The Hall–Kier alpha value is -3.77. The summed E-state index contributed by atoms with van der Waals surface area (Å²) < 4.78 is 12.2. The number of amides is 3. The van der Waals surface area contributed by atoms with Crippen LogP contribution in [0.15, 0.2) is 72.3 Å². The maximum absolute atomic E-state index is 13.3. The van der Waals surface area contributed by atoms with E-state index >= 15 is 0 Å². The van der Waals surface area contributed by atoms with E-state index in [0.29, 0.717) is 38.6 Å². The zero-order valence-electron chi connectivity index (χ0n) is 20.6. The molecular weight excluding hydrogens is 617 g/mol. The summed E-state index contributed by atoms with van der Waals surface area (Å²) in [5, 5.41) is 5.40. The number of anilines is 2. The van der Waals surface area contributed by atoms with Gasteiger partial charge in [0.15, 0.2) is 23.2 Å². The van der Waals surface area contributed by atoms with Gasteiger partial charge in [-0.1, -0.05) is 30.3 Å². The summed E-state index contributed by atoms with van der Waals surface area (Å²) in [4.78, 5) is 39.7. The molecule has 0 atom stereocenters. The lowest BCUT2D eigenvalue weighted by molar-refractivity contribution is -0.122. The molecule has 2 N–H and O–H groups in total. The van der Waals surface area contributed by atoms with Gasteiger partial charge >= 0.3 is 0 Å². The van der Waals surface area contributed by atoms with Crippen molar-refractivity contribution in [3.8, 4) is 11.5 Å². The van der Waals surface area contributed by atoms with E-state index in [0.717, 1.165) is 5.56 Å². The average molecular weight is 641 g/mol. The number of ether oxygens (including phenoxy) is 2. The fraction of sp³-hybridized carbons (Fsp3) is 0.143. The first-order chi connectivity index (χ1) is 18.3. The van der Waals surface area contributed by atoms with Gasteiger partial charge in [-0.3, -0.25) is 24.6 Å². The molecule has 3 aromatic rings. The van der Waals surface area contributed by atoms with E-state index in [4.69, 9.17) is 21.7 Å². The molecule has 4 rings (SSSR count). The zero-order chi connectivity index (χ0) is 27.2. The highest BCUT2D eigenvalue weighted by molar-refractivity contribution is 14.1. The molecule has 0 radical (unpaired) electrons. The summed E-state index contributed by atoms with van der Waals surface area (Å²) in [6, 6.07) is 19.7. The second-order valence-electron chi connectivity index (χ2n) is 8.26. The average Bonchev–Trinajstić information content (AvgIpc) is 2.87. The van der Waals surface area contributed by atoms with Crippen LogP contribution >= 0.6 is 34.8 Å². The lowest BCUT2D eigenvalue weighted by Gasteiger charge is -2.28. The van der Waals surface area contributed by atoms with Gasteiger partial charge in [-0.2, -0.15) is 0 Å². The van der Waals surface area contributed by atoms with Crippen molar-refractivity contribution in [2.24, 2.45) is 0 Å². The Balaban J connectivity index is 1.57. The van der Waals surface area contributed by atoms with Crippen molar-refractivity contribution in [1.82, 2.24) is 5.32 Å². The largest absolute Gasteiger partial charge is 0.490 e. The molecule has 1 aliphatic heterocycles. The zero-order valence-corrected chi connectivity index (χ0v) is 23.6. The van der Waals surface area contributed by atoms with Gasteiger partial charge in [0.05, 0.1) is 15.9 Å².